The molecule has 0 amide bonds. The van der Waals surface area contributed by atoms with Crippen LogP contribution in [-0.4, -0.2) is 12.6 Å². The second-order valence-electron chi connectivity index (χ2n) is 6.12. The van der Waals surface area contributed by atoms with Gasteiger partial charge in [0.05, 0.1) is 17.5 Å². The van der Waals surface area contributed by atoms with E-state index in [0.717, 1.165) is 37.9 Å². The van der Waals surface area contributed by atoms with Crippen molar-refractivity contribution in [2.75, 3.05) is 6.61 Å². The molecule has 0 saturated heterocycles. The molecule has 0 aliphatic rings. The van der Waals surface area contributed by atoms with Gasteiger partial charge >= 0.3 is 5.97 Å². The molecule has 150 valence electrons. The van der Waals surface area contributed by atoms with E-state index in [1.54, 1.807) is 6.92 Å². The van der Waals surface area contributed by atoms with Gasteiger partial charge in [0.25, 0.3) is 0 Å². The van der Waals surface area contributed by atoms with Crippen molar-refractivity contribution < 1.29 is 18.7 Å². The summed E-state index contributed by atoms with van der Waals surface area (Å²) < 4.78 is 17.7. The summed E-state index contributed by atoms with van der Waals surface area (Å²) in [5.74, 6) is 1.35. The zero-order valence-corrected chi connectivity index (χ0v) is 18.7. The van der Waals surface area contributed by atoms with Crippen LogP contribution in [0, 0.1) is 13.8 Å². The first-order valence-electron chi connectivity index (χ1n) is 9.54. The first-order chi connectivity index (χ1) is 13.5. The zero-order chi connectivity index (χ0) is 20.7. The first-order valence-corrected chi connectivity index (χ1v) is 10.3. The topological polar surface area (TPSA) is 48.7 Å². The molecule has 0 fully saturated rings. The monoisotopic (exact) mass is 446 g/mol. The summed E-state index contributed by atoms with van der Waals surface area (Å²) in [5, 5.41) is 1.08. The summed E-state index contributed by atoms with van der Waals surface area (Å²) in [4.78, 5) is 11.8. The van der Waals surface area contributed by atoms with Gasteiger partial charge in [0, 0.05) is 10.9 Å². The number of hydrogen-bond donors (Lipinski definition) is 0. The molecule has 3 aromatic rings. The second kappa shape index (κ2) is 10.3. The number of para-hydroxylation sites is 1. The molecule has 0 N–H and O–H groups in total. The van der Waals surface area contributed by atoms with E-state index >= 15 is 0 Å². The first kappa shape index (κ1) is 22.0. The quantitative estimate of drug-likeness (QED) is 0.404. The van der Waals surface area contributed by atoms with Crippen molar-refractivity contribution in [1.29, 1.82) is 0 Å². The number of aryl methyl sites for hydroxylation is 2. The molecule has 3 rings (SSSR count). The van der Waals surface area contributed by atoms with Gasteiger partial charge in [-0.3, -0.25) is 4.79 Å². The Labute approximate surface area is 175 Å². The molecule has 0 bridgehead atoms. The fourth-order valence-corrected chi connectivity index (χ4v) is 3.44. The Hall–Kier alpha value is -2.27. The Morgan fingerprint density at radius 3 is 2.57 bits per heavy atom. The van der Waals surface area contributed by atoms with E-state index in [9.17, 15) is 4.79 Å². The Kier molecular flexibility index (Phi) is 8.12. The lowest BCUT2D eigenvalue weighted by atomic mass is 10.1. The zero-order valence-electron chi connectivity index (χ0n) is 17.1. The Morgan fingerprint density at radius 2 is 1.86 bits per heavy atom. The van der Waals surface area contributed by atoms with Gasteiger partial charge in [-0.2, -0.15) is 0 Å². The predicted octanol–water partition coefficient (Wildman–Crippen LogP) is 6.52. The highest BCUT2D eigenvalue weighted by Gasteiger charge is 2.13. The smallest absolute Gasteiger partial charge is 0.310 e. The number of carbonyl (C=O) groups is 1. The minimum atomic E-state index is -0.253. The maximum atomic E-state index is 11.8. The minimum Gasteiger partial charge on any atom is -0.489 e. The summed E-state index contributed by atoms with van der Waals surface area (Å²) >= 11 is 3.58. The number of esters is 1. The van der Waals surface area contributed by atoms with Crippen molar-refractivity contribution in [3.63, 3.8) is 0 Å². The molecule has 0 radical (unpaired) electrons. The molecular formula is C23H27BrO4. The van der Waals surface area contributed by atoms with E-state index in [0.29, 0.717) is 19.0 Å². The van der Waals surface area contributed by atoms with Crippen LogP contribution in [0.25, 0.3) is 11.0 Å². The van der Waals surface area contributed by atoms with Crippen LogP contribution in [0.2, 0.25) is 0 Å². The maximum Gasteiger partial charge on any atom is 0.310 e. The van der Waals surface area contributed by atoms with Crippen LogP contribution >= 0.6 is 15.9 Å². The molecule has 0 saturated carbocycles. The minimum absolute atomic E-state index is 0.201. The summed E-state index contributed by atoms with van der Waals surface area (Å²) in [5.41, 5.74) is 3.83. The highest BCUT2D eigenvalue weighted by molar-refractivity contribution is 9.10. The summed E-state index contributed by atoms with van der Waals surface area (Å²) in [6.07, 6.45) is 0.201. The van der Waals surface area contributed by atoms with Crippen molar-refractivity contribution >= 4 is 32.9 Å². The normalized spacial score (nSPS) is 10.4. The van der Waals surface area contributed by atoms with Crippen LogP contribution < -0.4 is 4.74 Å². The number of carbonyl (C=O) groups excluding carboxylic acids is 1. The van der Waals surface area contributed by atoms with Crippen molar-refractivity contribution in [2.24, 2.45) is 0 Å². The molecular weight excluding hydrogens is 420 g/mol. The van der Waals surface area contributed by atoms with Gasteiger partial charge in [0.1, 0.15) is 23.7 Å². The number of furan rings is 1. The fourth-order valence-electron chi connectivity index (χ4n) is 2.85. The Morgan fingerprint density at radius 1 is 1.14 bits per heavy atom. The van der Waals surface area contributed by atoms with Crippen LogP contribution in [0.5, 0.6) is 5.75 Å². The third-order valence-electron chi connectivity index (χ3n) is 4.30. The van der Waals surface area contributed by atoms with Gasteiger partial charge in [-0.05, 0) is 66.0 Å². The molecule has 0 aliphatic heterocycles. The lowest BCUT2D eigenvalue weighted by molar-refractivity contribution is -0.142. The molecule has 0 unspecified atom stereocenters. The third-order valence-corrected chi connectivity index (χ3v) is 4.89. The summed E-state index contributed by atoms with van der Waals surface area (Å²) in [6, 6.07) is 11.6. The number of halogens is 1. The van der Waals surface area contributed by atoms with Crippen LogP contribution in [0.3, 0.4) is 0 Å². The second-order valence-corrected chi connectivity index (χ2v) is 6.97. The van der Waals surface area contributed by atoms with Crippen LogP contribution in [-0.2, 0) is 22.6 Å². The Bertz CT molecular complexity index is 943. The average molecular weight is 447 g/mol. The van der Waals surface area contributed by atoms with Crippen molar-refractivity contribution in [1.82, 2.24) is 0 Å². The largest absolute Gasteiger partial charge is 0.489 e. The van der Waals surface area contributed by atoms with Crippen molar-refractivity contribution in [3.05, 3.63) is 63.3 Å². The molecule has 1 aromatic heterocycles. The van der Waals surface area contributed by atoms with Gasteiger partial charge in [0.15, 0.2) is 0 Å². The van der Waals surface area contributed by atoms with Gasteiger partial charge in [-0.1, -0.05) is 32.0 Å². The fraction of sp³-hybridized carbons (Fsp3) is 0.348. The van der Waals surface area contributed by atoms with Crippen LogP contribution in [0.15, 0.2) is 45.3 Å². The molecule has 2 aromatic carbocycles. The van der Waals surface area contributed by atoms with Crippen LogP contribution in [0.4, 0.5) is 0 Å². The highest BCUT2D eigenvalue weighted by atomic mass is 79.9. The Balaban J connectivity index is 0.00000136. The van der Waals surface area contributed by atoms with Crippen LogP contribution in [0.1, 0.15) is 43.2 Å². The van der Waals surface area contributed by atoms with E-state index in [2.05, 4.69) is 22.0 Å². The van der Waals surface area contributed by atoms with Gasteiger partial charge in [-0.25, -0.2) is 0 Å². The number of benzene rings is 2. The SMILES string of the molecule is CC.CCOC(=O)Cc1ccccc1OCc1cc(Br)c2oc(C)c(C)c2c1. The number of rotatable bonds is 6. The van der Waals surface area contributed by atoms with E-state index in [-0.39, 0.29) is 12.4 Å². The van der Waals surface area contributed by atoms with Gasteiger partial charge < -0.3 is 13.9 Å². The standard InChI is InChI=1S/C21H21BrO4.C2H6/c1-4-24-20(23)11-16-7-5-6-8-19(16)25-12-15-9-17-13(2)14(3)26-21(17)18(22)10-15;1-2/h5-10H,4,11-12H2,1-3H3;1-2H3. The summed E-state index contributed by atoms with van der Waals surface area (Å²) in [7, 11) is 0. The molecule has 28 heavy (non-hydrogen) atoms. The molecule has 4 nitrogen and oxygen atoms in total. The average Bonchev–Trinajstić information content (AvgIpc) is 2.98. The number of hydrogen-bond acceptors (Lipinski definition) is 4. The molecule has 0 aliphatic carbocycles. The summed E-state index contributed by atoms with van der Waals surface area (Å²) in [6.45, 7) is 10.6. The van der Waals surface area contributed by atoms with Crippen molar-refractivity contribution in [3.8, 4) is 5.75 Å². The van der Waals surface area contributed by atoms with E-state index in [1.165, 1.54) is 0 Å². The molecule has 5 heteroatoms. The third kappa shape index (κ3) is 5.16. The molecule has 0 spiro atoms. The van der Waals surface area contributed by atoms with Gasteiger partial charge in [-0.15, -0.1) is 0 Å². The van der Waals surface area contributed by atoms with E-state index in [4.69, 9.17) is 13.9 Å². The maximum absolute atomic E-state index is 11.8. The molecule has 0 atom stereocenters. The molecule has 1 heterocycles. The number of ether oxygens (including phenoxy) is 2. The number of fused-ring (bicyclic) bond motifs is 1. The lowest BCUT2D eigenvalue weighted by Crippen LogP contribution is -2.09. The van der Waals surface area contributed by atoms with Gasteiger partial charge in [0.2, 0.25) is 0 Å². The van der Waals surface area contributed by atoms with E-state index < -0.39 is 0 Å². The van der Waals surface area contributed by atoms with Crippen molar-refractivity contribution in [2.45, 2.75) is 47.6 Å². The van der Waals surface area contributed by atoms with E-state index in [1.807, 2.05) is 58.0 Å². The predicted molar refractivity (Wildman–Crippen MR) is 116 cm³/mol. The highest BCUT2D eigenvalue weighted by Crippen LogP contribution is 2.32. The lowest BCUT2D eigenvalue weighted by Gasteiger charge is -2.12.